The fraction of sp³-hybridized carbons (Fsp3) is 1.00. The van der Waals surface area contributed by atoms with E-state index >= 15 is 0 Å². The molecule has 0 unspecified atom stereocenters. The zero-order valence-electron chi connectivity index (χ0n) is 13.9. The van der Waals surface area contributed by atoms with Gasteiger partial charge in [0.05, 0.1) is 6.61 Å². The molecule has 2 N–H and O–H groups in total. The van der Waals surface area contributed by atoms with Crippen molar-refractivity contribution in [3.63, 3.8) is 0 Å². The van der Waals surface area contributed by atoms with Crippen molar-refractivity contribution in [3.05, 3.63) is 0 Å². The SMILES string of the molecule is CN(C)[C@@H]1C[C@@H](CO)N(C2CCC3(CCNCC3)CC2)C1. The average Bonchev–Trinajstić information content (AvgIpc) is 2.93. The average molecular weight is 295 g/mol. The molecule has 0 amide bonds. The maximum atomic E-state index is 9.74. The Morgan fingerprint density at radius 3 is 2.38 bits per heavy atom. The highest BCUT2D eigenvalue weighted by atomic mass is 16.3. The van der Waals surface area contributed by atoms with E-state index in [2.05, 4.69) is 29.2 Å². The highest BCUT2D eigenvalue weighted by Crippen LogP contribution is 2.45. The summed E-state index contributed by atoms with van der Waals surface area (Å²) in [5, 5.41) is 13.2. The number of aliphatic hydroxyl groups excluding tert-OH is 1. The molecule has 4 nitrogen and oxygen atoms in total. The van der Waals surface area contributed by atoms with Gasteiger partial charge in [0.25, 0.3) is 0 Å². The topological polar surface area (TPSA) is 38.7 Å². The van der Waals surface area contributed by atoms with Crippen molar-refractivity contribution in [3.8, 4) is 0 Å². The van der Waals surface area contributed by atoms with Crippen LogP contribution in [0, 0.1) is 5.41 Å². The number of nitrogens with one attached hydrogen (secondary N) is 1. The largest absolute Gasteiger partial charge is 0.395 e. The van der Waals surface area contributed by atoms with Gasteiger partial charge in [-0.25, -0.2) is 0 Å². The van der Waals surface area contributed by atoms with Gasteiger partial charge >= 0.3 is 0 Å². The summed E-state index contributed by atoms with van der Waals surface area (Å²) in [6.07, 6.45) is 9.39. The van der Waals surface area contributed by atoms with Gasteiger partial charge in [0.15, 0.2) is 0 Å². The number of hydrogen-bond acceptors (Lipinski definition) is 4. The lowest BCUT2D eigenvalue weighted by Gasteiger charge is -2.46. The van der Waals surface area contributed by atoms with Crippen LogP contribution in [0.4, 0.5) is 0 Å². The summed E-state index contributed by atoms with van der Waals surface area (Å²) in [5.74, 6) is 0. The van der Waals surface area contributed by atoms with Gasteiger partial charge in [0.2, 0.25) is 0 Å². The van der Waals surface area contributed by atoms with Gasteiger partial charge in [-0.05, 0) is 77.5 Å². The third-order valence-corrected chi connectivity index (χ3v) is 6.52. The number of rotatable bonds is 3. The summed E-state index contributed by atoms with van der Waals surface area (Å²) < 4.78 is 0. The van der Waals surface area contributed by atoms with Crippen LogP contribution in [0.15, 0.2) is 0 Å². The predicted octanol–water partition coefficient (Wildman–Crippen LogP) is 1.30. The van der Waals surface area contributed by atoms with Gasteiger partial charge in [-0.3, -0.25) is 4.90 Å². The van der Waals surface area contributed by atoms with E-state index in [1.54, 1.807) is 0 Å². The van der Waals surface area contributed by atoms with Crippen LogP contribution in [0.1, 0.15) is 44.9 Å². The van der Waals surface area contributed by atoms with Gasteiger partial charge in [-0.1, -0.05) is 0 Å². The number of aliphatic hydroxyl groups is 1. The minimum Gasteiger partial charge on any atom is -0.395 e. The molecule has 3 rings (SSSR count). The number of hydrogen-bond donors (Lipinski definition) is 2. The standard InChI is InChI=1S/C17H33N3O/c1-19(2)15-11-16(13-21)20(12-15)14-3-5-17(6-4-14)7-9-18-10-8-17/h14-16,18,21H,3-13H2,1-2H3/t15-,16+/m1/s1. The first-order chi connectivity index (χ1) is 10.1. The Morgan fingerprint density at radius 2 is 1.81 bits per heavy atom. The van der Waals surface area contributed by atoms with Crippen molar-refractivity contribution in [2.75, 3.05) is 40.3 Å². The van der Waals surface area contributed by atoms with Crippen LogP contribution in [-0.2, 0) is 0 Å². The minimum absolute atomic E-state index is 0.329. The second kappa shape index (κ2) is 6.53. The highest BCUT2D eigenvalue weighted by molar-refractivity contribution is 4.97. The van der Waals surface area contributed by atoms with E-state index in [4.69, 9.17) is 0 Å². The second-order valence-corrected chi connectivity index (χ2v) is 7.87. The maximum Gasteiger partial charge on any atom is 0.0587 e. The molecule has 3 aliphatic rings. The smallest absolute Gasteiger partial charge is 0.0587 e. The number of likely N-dealkylation sites (tertiary alicyclic amines) is 1. The second-order valence-electron chi connectivity index (χ2n) is 7.87. The van der Waals surface area contributed by atoms with Crippen LogP contribution >= 0.6 is 0 Å². The molecule has 2 heterocycles. The molecular formula is C17H33N3O. The molecule has 3 fully saturated rings. The lowest BCUT2D eigenvalue weighted by Crippen LogP contribution is -2.47. The van der Waals surface area contributed by atoms with E-state index in [0.717, 1.165) is 13.0 Å². The fourth-order valence-electron chi connectivity index (χ4n) is 4.92. The molecule has 0 radical (unpaired) electrons. The molecule has 0 aromatic heterocycles. The molecule has 1 spiro atoms. The van der Waals surface area contributed by atoms with Gasteiger partial charge in [-0.2, -0.15) is 0 Å². The van der Waals surface area contributed by atoms with Gasteiger partial charge in [0, 0.05) is 24.7 Å². The molecule has 0 aromatic rings. The van der Waals surface area contributed by atoms with Crippen LogP contribution in [0.2, 0.25) is 0 Å². The van der Waals surface area contributed by atoms with Gasteiger partial charge < -0.3 is 15.3 Å². The van der Waals surface area contributed by atoms with E-state index in [9.17, 15) is 5.11 Å². The molecule has 2 aliphatic heterocycles. The zero-order chi connectivity index (χ0) is 14.9. The zero-order valence-corrected chi connectivity index (χ0v) is 13.9. The monoisotopic (exact) mass is 295 g/mol. The number of piperidine rings is 1. The first-order valence-corrected chi connectivity index (χ1v) is 8.87. The van der Waals surface area contributed by atoms with Crippen molar-refractivity contribution in [1.82, 2.24) is 15.1 Å². The molecule has 0 aromatic carbocycles. The Labute approximate surface area is 129 Å². The van der Waals surface area contributed by atoms with Crippen LogP contribution in [0.5, 0.6) is 0 Å². The van der Waals surface area contributed by atoms with Crippen molar-refractivity contribution >= 4 is 0 Å². The highest BCUT2D eigenvalue weighted by Gasteiger charge is 2.42. The predicted molar refractivity (Wildman–Crippen MR) is 86.5 cm³/mol. The van der Waals surface area contributed by atoms with E-state index in [-0.39, 0.29) is 0 Å². The van der Waals surface area contributed by atoms with Crippen LogP contribution in [-0.4, -0.2) is 73.4 Å². The molecule has 21 heavy (non-hydrogen) atoms. The summed E-state index contributed by atoms with van der Waals surface area (Å²) >= 11 is 0. The Balaban J connectivity index is 1.58. The quantitative estimate of drug-likeness (QED) is 0.823. The van der Waals surface area contributed by atoms with Crippen LogP contribution in [0.3, 0.4) is 0 Å². The lowest BCUT2D eigenvalue weighted by molar-refractivity contribution is 0.0441. The third-order valence-electron chi connectivity index (χ3n) is 6.52. The lowest BCUT2D eigenvalue weighted by atomic mass is 9.67. The molecule has 122 valence electrons. The minimum atomic E-state index is 0.329. The Bertz CT molecular complexity index is 331. The van der Waals surface area contributed by atoms with Crippen molar-refractivity contribution in [2.45, 2.75) is 63.1 Å². The molecular weight excluding hydrogens is 262 g/mol. The van der Waals surface area contributed by atoms with E-state index in [1.165, 1.54) is 51.6 Å². The molecule has 2 saturated heterocycles. The van der Waals surface area contributed by atoms with Crippen molar-refractivity contribution < 1.29 is 5.11 Å². The molecule has 4 heteroatoms. The summed E-state index contributed by atoms with van der Waals surface area (Å²) in [5.41, 5.74) is 0.650. The fourth-order valence-corrected chi connectivity index (χ4v) is 4.92. The number of nitrogens with zero attached hydrogens (tertiary/aromatic N) is 2. The maximum absolute atomic E-state index is 9.74. The molecule has 1 saturated carbocycles. The Kier molecular flexibility index (Phi) is 4.89. The molecule has 0 bridgehead atoms. The summed E-state index contributed by atoms with van der Waals surface area (Å²) in [6.45, 7) is 3.92. The van der Waals surface area contributed by atoms with Crippen LogP contribution < -0.4 is 5.32 Å². The summed E-state index contributed by atoms with van der Waals surface area (Å²) in [4.78, 5) is 4.97. The molecule has 1 aliphatic carbocycles. The van der Waals surface area contributed by atoms with Crippen LogP contribution in [0.25, 0.3) is 0 Å². The van der Waals surface area contributed by atoms with Gasteiger partial charge in [0.1, 0.15) is 0 Å². The van der Waals surface area contributed by atoms with E-state index in [0.29, 0.717) is 30.1 Å². The third kappa shape index (κ3) is 3.29. The Morgan fingerprint density at radius 1 is 1.14 bits per heavy atom. The Hall–Kier alpha value is -0.160. The van der Waals surface area contributed by atoms with E-state index in [1.807, 2.05) is 0 Å². The summed E-state index contributed by atoms with van der Waals surface area (Å²) in [6, 6.07) is 1.73. The van der Waals surface area contributed by atoms with Crippen molar-refractivity contribution in [2.24, 2.45) is 5.41 Å². The first-order valence-electron chi connectivity index (χ1n) is 8.87. The van der Waals surface area contributed by atoms with E-state index < -0.39 is 0 Å². The van der Waals surface area contributed by atoms with Gasteiger partial charge in [-0.15, -0.1) is 0 Å². The normalized spacial score (nSPS) is 34.9. The van der Waals surface area contributed by atoms with Crippen molar-refractivity contribution in [1.29, 1.82) is 0 Å². The number of likely N-dealkylation sites (N-methyl/N-ethyl adjacent to an activating group) is 1. The summed E-state index contributed by atoms with van der Waals surface area (Å²) in [7, 11) is 4.35. The molecule has 2 atom stereocenters. The first kappa shape index (κ1) is 15.7.